The Kier molecular flexibility index (Phi) is 11.4. The summed E-state index contributed by atoms with van der Waals surface area (Å²) in [5.74, 6) is 1.63. The maximum atomic E-state index is 15.5. The zero-order chi connectivity index (χ0) is 47.6. The monoisotopic (exact) mass is 900 g/mol. The van der Waals surface area contributed by atoms with Gasteiger partial charge in [0, 0.05) is 52.1 Å². The number of aromatic nitrogens is 2. The third-order valence-electron chi connectivity index (χ3n) is 13.5. The highest BCUT2D eigenvalue weighted by atomic mass is 19.1. The molecule has 0 radical (unpaired) electrons. The molecule has 0 aliphatic carbocycles. The van der Waals surface area contributed by atoms with Crippen molar-refractivity contribution in [2.24, 2.45) is 0 Å². The summed E-state index contributed by atoms with van der Waals surface area (Å²) in [5.41, 5.74) is 14.4. The van der Waals surface area contributed by atoms with Gasteiger partial charge in [0.2, 0.25) is 0 Å². The van der Waals surface area contributed by atoms with Gasteiger partial charge in [0.1, 0.15) is 35.6 Å². The van der Waals surface area contributed by atoms with Crippen molar-refractivity contribution < 1.29 is 13.5 Å². The number of ether oxygens (including phenoxy) is 1. The number of halogens is 2. The van der Waals surface area contributed by atoms with Crippen molar-refractivity contribution in [3.05, 3.63) is 192 Å². The molecule has 1 aliphatic rings. The van der Waals surface area contributed by atoms with Gasteiger partial charge in [0.05, 0.1) is 22.4 Å². The van der Waals surface area contributed by atoms with Gasteiger partial charge >= 0.3 is 0 Å². The van der Waals surface area contributed by atoms with E-state index in [1.165, 1.54) is 17.2 Å². The molecule has 2 aromatic heterocycles. The molecule has 0 unspecified atom stereocenters. The fraction of sp³-hybridized carbons (Fsp3) is 0.230. The van der Waals surface area contributed by atoms with Gasteiger partial charge in [-0.1, -0.05) is 117 Å². The molecule has 0 saturated heterocycles. The maximum Gasteiger partial charge on any atom is 0.137 e. The minimum absolute atomic E-state index is 0.0116. The van der Waals surface area contributed by atoms with Gasteiger partial charge in [-0.3, -0.25) is 4.57 Å². The maximum absolute atomic E-state index is 15.5. The fourth-order valence-corrected chi connectivity index (χ4v) is 9.81. The number of anilines is 4. The largest absolute Gasteiger partial charge is 0.457 e. The minimum atomic E-state index is -0.587. The van der Waals surface area contributed by atoms with E-state index >= 15 is 4.39 Å². The van der Waals surface area contributed by atoms with Gasteiger partial charge in [0.25, 0.3) is 0 Å². The lowest BCUT2D eigenvalue weighted by Crippen LogP contribution is -2.26. The molecule has 0 saturated carbocycles. The first kappa shape index (κ1) is 44.6. The van der Waals surface area contributed by atoms with Crippen molar-refractivity contribution in [3.8, 4) is 39.6 Å². The Hall–Kier alpha value is -7.25. The van der Waals surface area contributed by atoms with E-state index in [9.17, 15) is 4.39 Å². The van der Waals surface area contributed by atoms with Gasteiger partial charge < -0.3 is 14.5 Å². The smallest absolute Gasteiger partial charge is 0.137 e. The number of rotatable bonds is 10. The molecule has 0 spiro atoms. The minimum Gasteiger partial charge on any atom is -0.457 e. The van der Waals surface area contributed by atoms with Crippen LogP contribution in [-0.4, -0.2) is 16.2 Å². The summed E-state index contributed by atoms with van der Waals surface area (Å²) in [7, 11) is 0. The molecule has 10 rings (SSSR count). The van der Waals surface area contributed by atoms with E-state index in [-0.39, 0.29) is 17.3 Å². The van der Waals surface area contributed by atoms with Crippen LogP contribution in [0.2, 0.25) is 0 Å². The van der Waals surface area contributed by atoms with Crippen LogP contribution in [0.5, 0.6) is 11.5 Å². The molecule has 0 bridgehead atoms. The van der Waals surface area contributed by atoms with Crippen LogP contribution in [0.1, 0.15) is 102 Å². The summed E-state index contributed by atoms with van der Waals surface area (Å²) in [4.78, 5) is 9.60. The molecule has 7 aromatic carbocycles. The quantitative estimate of drug-likeness (QED) is 0.137. The number of hydrogen-bond donors (Lipinski definition) is 0. The lowest BCUT2D eigenvalue weighted by molar-refractivity contribution is 0.483. The average Bonchev–Trinajstić information content (AvgIpc) is 3.86. The zero-order valence-electron chi connectivity index (χ0n) is 40.4. The number of hydrogen-bond acceptors (Lipinski definition) is 4. The van der Waals surface area contributed by atoms with Gasteiger partial charge in [-0.2, -0.15) is 0 Å². The Bertz CT molecular complexity index is 3320. The highest BCUT2D eigenvalue weighted by Gasteiger charge is 2.33. The summed E-state index contributed by atoms with van der Waals surface area (Å²) in [5, 5.41) is 2.28. The van der Waals surface area contributed by atoms with E-state index < -0.39 is 11.6 Å². The van der Waals surface area contributed by atoms with Crippen molar-refractivity contribution in [1.82, 2.24) is 9.55 Å². The summed E-state index contributed by atoms with van der Waals surface area (Å²) in [6.45, 7) is 20.5. The van der Waals surface area contributed by atoms with Crippen LogP contribution in [0, 0.1) is 11.6 Å². The summed E-state index contributed by atoms with van der Waals surface area (Å²) >= 11 is 0. The predicted octanol–water partition coefficient (Wildman–Crippen LogP) is 17.5. The summed E-state index contributed by atoms with van der Waals surface area (Å²) in [6, 6.07) is 51.2. The van der Waals surface area contributed by atoms with Crippen LogP contribution in [0.25, 0.3) is 49.9 Å². The molecule has 342 valence electrons. The first-order valence-electron chi connectivity index (χ1n) is 23.8. The topological polar surface area (TPSA) is 33.5 Å². The molecule has 0 atom stereocenters. The second-order valence-electron chi connectivity index (χ2n) is 20.2. The molecular weight excluding hydrogens is 843 g/mol. The third kappa shape index (κ3) is 8.18. The molecule has 7 heteroatoms. The normalized spacial score (nSPS) is 12.9. The predicted molar refractivity (Wildman–Crippen MR) is 279 cm³/mol. The molecule has 1 aliphatic heterocycles. The van der Waals surface area contributed by atoms with Crippen molar-refractivity contribution >= 4 is 44.6 Å². The molecule has 68 heavy (non-hydrogen) atoms. The van der Waals surface area contributed by atoms with E-state index in [0.717, 1.165) is 90.0 Å². The van der Waals surface area contributed by atoms with Crippen molar-refractivity contribution in [3.63, 3.8) is 0 Å². The molecule has 3 heterocycles. The molecule has 0 amide bonds. The SMILES string of the molecule is CC(C)c1ccc2c(c1)N(c1c(C(C)C)cc(-c3ccc(F)cc3F)cc1C(C)C)CN2c1cc(Oc2ccc3c4ccccc4n(-c4ccccn4)c3c2)cc(-c2ccc(C(C)(C)C)cc2)c1. The van der Waals surface area contributed by atoms with E-state index in [2.05, 4.69) is 192 Å². The standard InChI is InChI=1S/C61H58F2N4O/c1-37(2)41-19-26-56-58(32-41)66(60-52(38(3)4)30-43(31-53(60)39(5)6)49-24-22-45(62)33-54(49)63)36-65(56)46-28-42(40-17-20-44(21-18-40)61(7,8)9)29-48(34-46)68-47-23-25-51-50-14-10-11-15-55(50)67(57(51)35-47)59-16-12-13-27-64-59/h10-35,37-39H,36H2,1-9H3. The van der Waals surface area contributed by atoms with Gasteiger partial charge in [-0.25, -0.2) is 13.8 Å². The van der Waals surface area contributed by atoms with Crippen LogP contribution >= 0.6 is 0 Å². The average molecular weight is 901 g/mol. The van der Waals surface area contributed by atoms with E-state index in [1.807, 2.05) is 24.4 Å². The van der Waals surface area contributed by atoms with Crippen LogP contribution in [0.4, 0.5) is 31.5 Å². The van der Waals surface area contributed by atoms with E-state index in [0.29, 0.717) is 23.9 Å². The van der Waals surface area contributed by atoms with E-state index in [4.69, 9.17) is 9.72 Å². The van der Waals surface area contributed by atoms with Crippen LogP contribution in [-0.2, 0) is 5.41 Å². The van der Waals surface area contributed by atoms with Gasteiger partial charge in [-0.15, -0.1) is 0 Å². The molecule has 0 N–H and O–H groups in total. The first-order valence-corrected chi connectivity index (χ1v) is 23.8. The first-order chi connectivity index (χ1) is 32.6. The summed E-state index contributed by atoms with van der Waals surface area (Å²) in [6.07, 6.45) is 1.83. The zero-order valence-corrected chi connectivity index (χ0v) is 40.4. The Morgan fingerprint density at radius 2 is 1.28 bits per heavy atom. The van der Waals surface area contributed by atoms with Crippen molar-refractivity contribution in [1.29, 1.82) is 0 Å². The second kappa shape index (κ2) is 17.4. The van der Waals surface area contributed by atoms with Gasteiger partial charge in [-0.05, 0) is 141 Å². The Balaban J connectivity index is 1.13. The van der Waals surface area contributed by atoms with E-state index in [1.54, 1.807) is 6.07 Å². The Labute approximate surface area is 399 Å². The molecule has 9 aromatic rings. The second-order valence-corrected chi connectivity index (χ2v) is 20.2. The lowest BCUT2D eigenvalue weighted by Gasteiger charge is -2.30. The number of pyridine rings is 1. The molecule has 0 fully saturated rings. The molecular formula is C61H58F2N4O. The van der Waals surface area contributed by atoms with Crippen LogP contribution < -0.4 is 14.5 Å². The van der Waals surface area contributed by atoms with Crippen molar-refractivity contribution in [2.45, 2.75) is 85.5 Å². The Morgan fingerprint density at radius 3 is 1.96 bits per heavy atom. The fourth-order valence-electron chi connectivity index (χ4n) is 9.81. The van der Waals surface area contributed by atoms with Crippen molar-refractivity contribution in [2.75, 3.05) is 16.5 Å². The Morgan fingerprint density at radius 1 is 0.559 bits per heavy atom. The number of fused-ring (bicyclic) bond motifs is 4. The number of benzene rings is 7. The lowest BCUT2D eigenvalue weighted by atomic mass is 9.86. The van der Waals surface area contributed by atoms with Crippen LogP contribution in [0.15, 0.2) is 158 Å². The van der Waals surface area contributed by atoms with Gasteiger partial charge in [0.15, 0.2) is 0 Å². The highest BCUT2D eigenvalue weighted by molar-refractivity contribution is 6.09. The summed E-state index contributed by atoms with van der Waals surface area (Å²) < 4.78 is 38.9. The molecule has 5 nitrogen and oxygen atoms in total. The van der Waals surface area contributed by atoms with Crippen LogP contribution in [0.3, 0.4) is 0 Å². The third-order valence-corrected chi connectivity index (χ3v) is 13.5. The highest BCUT2D eigenvalue weighted by Crippen LogP contribution is 2.51. The number of nitrogens with zero attached hydrogens (tertiary/aromatic N) is 4. The number of para-hydroxylation sites is 1.